The summed E-state index contributed by atoms with van der Waals surface area (Å²) in [6.07, 6.45) is 0. The summed E-state index contributed by atoms with van der Waals surface area (Å²) < 4.78 is 20.3. The van der Waals surface area contributed by atoms with Gasteiger partial charge in [0, 0.05) is 0 Å². The van der Waals surface area contributed by atoms with E-state index in [2.05, 4.69) is 0 Å². The monoisotopic (exact) mass is 378 g/mol. The van der Waals surface area contributed by atoms with Crippen molar-refractivity contribution < 1.29 is 32.1 Å². The second-order valence-electron chi connectivity index (χ2n) is 2.03. The number of rotatable bonds is 2. The molecule has 1 aromatic rings. The van der Waals surface area contributed by atoms with Crippen LogP contribution in [-0.2, 0) is 34.4 Å². The van der Waals surface area contributed by atoms with Crippen molar-refractivity contribution >= 4 is 22.4 Å². The molecular weight excluding hydrogens is 372 g/mol. The van der Waals surface area contributed by atoms with E-state index in [0.717, 1.165) is 0 Å². The maximum absolute atomic E-state index is 10.5. The van der Waals surface area contributed by atoms with E-state index in [4.69, 9.17) is 12.8 Å². The Morgan fingerprint density at radius 1 is 1.36 bits per heavy atom. The minimum atomic E-state index is -1.86. The molecule has 56 valence electrons. The molecule has 0 heterocycles. The fourth-order valence-corrected chi connectivity index (χ4v) is 4.24. The molecule has 0 fully saturated rings. The van der Waals surface area contributed by atoms with Crippen LogP contribution in [0.2, 0.25) is 0 Å². The molecule has 0 aromatic heterocycles. The van der Waals surface area contributed by atoms with Crippen molar-refractivity contribution in [3.05, 3.63) is 24.3 Å². The van der Waals surface area contributed by atoms with Gasteiger partial charge < -0.3 is 0 Å². The van der Waals surface area contributed by atoms with Crippen LogP contribution in [0.4, 0.5) is 0 Å². The fraction of sp³-hybridized carbons (Fsp3) is 0. The Hall–Kier alpha value is 0.555. The van der Waals surface area contributed by atoms with Crippen molar-refractivity contribution in [1.29, 1.82) is 0 Å². The van der Waals surface area contributed by atoms with E-state index in [-0.39, 0.29) is 0 Å². The summed E-state index contributed by atoms with van der Waals surface area (Å²) in [7, 11) is 5.74. The quantitative estimate of drug-likeness (QED) is 0.620. The number of halogens is 1. The summed E-state index contributed by atoms with van der Waals surface area (Å²) in [6.45, 7) is 0. The molecule has 0 aliphatic rings. The molecule has 2 nitrogen and oxygen atoms in total. The molecule has 0 spiro atoms. The van der Waals surface area contributed by atoms with Crippen molar-refractivity contribution in [2.75, 3.05) is 0 Å². The number of benzene rings is 1. The second kappa shape index (κ2) is 4.55. The van der Waals surface area contributed by atoms with E-state index in [9.17, 15) is 4.21 Å². The zero-order chi connectivity index (χ0) is 8.27. The van der Waals surface area contributed by atoms with Gasteiger partial charge in [-0.1, -0.05) is 0 Å². The van der Waals surface area contributed by atoms with Gasteiger partial charge in [-0.25, -0.2) is 0 Å². The van der Waals surface area contributed by atoms with E-state index in [1.807, 2.05) is 12.1 Å². The van der Waals surface area contributed by atoms with Gasteiger partial charge in [0.05, 0.1) is 0 Å². The second-order valence-corrected chi connectivity index (χ2v) is 9.55. The zero-order valence-corrected chi connectivity index (χ0v) is 12.7. The standard InChI is InChI=1S/C6H5O2S.ClH.Hg/c7-9(8)6-4-2-1-3-5-6;;/h2-5H,(H,7,8);1H;/q;;+1/p-1. The average molecular weight is 377 g/mol. The maximum atomic E-state index is 10.5. The van der Waals surface area contributed by atoms with Crippen molar-refractivity contribution in [2.45, 2.75) is 4.90 Å². The number of hydrogen-bond donors (Lipinski definition) is 1. The van der Waals surface area contributed by atoms with Crippen molar-refractivity contribution in [3.63, 3.8) is 0 Å². The first-order valence-corrected chi connectivity index (χ1v) is 13.6. The Morgan fingerprint density at radius 3 is 2.27 bits per heavy atom. The summed E-state index contributed by atoms with van der Waals surface area (Å²) in [5, 5.41) is 0. The average Bonchev–Trinajstić information content (AvgIpc) is 2.05. The first-order chi connectivity index (χ1) is 5.24. The summed E-state index contributed by atoms with van der Waals surface area (Å²) in [6, 6.07) is 6.96. The van der Waals surface area contributed by atoms with E-state index < -0.39 is 34.4 Å². The molecule has 1 aromatic carbocycles. The van der Waals surface area contributed by atoms with Crippen LogP contribution < -0.4 is 3.07 Å². The molecular formula is C6H5ClHgO2S. The van der Waals surface area contributed by atoms with Crippen LogP contribution in [0.1, 0.15) is 0 Å². The summed E-state index contributed by atoms with van der Waals surface area (Å²) in [5.41, 5.74) is 0. The van der Waals surface area contributed by atoms with Gasteiger partial charge in [-0.15, -0.1) is 0 Å². The summed E-state index contributed by atoms with van der Waals surface area (Å²) in [4.78, 5) is 0.437. The van der Waals surface area contributed by atoms with Crippen LogP contribution in [-0.4, -0.2) is 8.76 Å². The summed E-state index contributed by atoms with van der Waals surface area (Å²) in [5.74, 6) is 0. The fourth-order valence-electron chi connectivity index (χ4n) is 0.695. The molecule has 0 aliphatic carbocycles. The normalized spacial score (nSPS) is 12.2. The zero-order valence-electron chi connectivity index (χ0n) is 5.66. The minimum absolute atomic E-state index is 0.437. The van der Waals surface area contributed by atoms with Crippen molar-refractivity contribution in [3.8, 4) is 0 Å². The van der Waals surface area contributed by atoms with E-state index >= 15 is 0 Å². The predicted octanol–water partition coefficient (Wildman–Crippen LogP) is 1.13. The van der Waals surface area contributed by atoms with Crippen LogP contribution in [0.3, 0.4) is 0 Å². The van der Waals surface area contributed by atoms with Gasteiger partial charge >= 0.3 is 83.7 Å². The molecule has 0 bridgehead atoms. The van der Waals surface area contributed by atoms with E-state index in [1.54, 1.807) is 12.1 Å². The Morgan fingerprint density at radius 2 is 1.91 bits per heavy atom. The van der Waals surface area contributed by atoms with Crippen LogP contribution in [0.25, 0.3) is 0 Å². The van der Waals surface area contributed by atoms with Gasteiger partial charge in [0.15, 0.2) is 0 Å². The van der Waals surface area contributed by atoms with E-state index in [0.29, 0.717) is 4.90 Å². The van der Waals surface area contributed by atoms with E-state index in [1.165, 1.54) is 3.07 Å². The molecule has 0 amide bonds. The molecule has 1 rings (SSSR count). The van der Waals surface area contributed by atoms with Crippen molar-refractivity contribution in [1.82, 2.24) is 0 Å². The van der Waals surface area contributed by atoms with Gasteiger partial charge in [-0.05, 0) is 0 Å². The molecule has 11 heavy (non-hydrogen) atoms. The van der Waals surface area contributed by atoms with Gasteiger partial charge in [0.2, 0.25) is 0 Å². The molecule has 1 unspecified atom stereocenters. The third-order valence-electron chi connectivity index (χ3n) is 1.28. The van der Waals surface area contributed by atoms with Crippen LogP contribution in [0.5, 0.6) is 0 Å². The first-order valence-electron chi connectivity index (χ1n) is 3.00. The third-order valence-corrected chi connectivity index (χ3v) is 7.70. The molecule has 0 saturated heterocycles. The first kappa shape index (κ1) is 9.64. The van der Waals surface area contributed by atoms with Crippen LogP contribution >= 0.6 is 8.25 Å². The Bertz CT molecular complexity index is 262. The molecule has 0 radical (unpaired) electrons. The molecule has 0 aliphatic heterocycles. The topological polar surface area (TPSA) is 37.3 Å². The summed E-state index contributed by atoms with van der Waals surface area (Å²) >= 11 is -3.17. The van der Waals surface area contributed by atoms with Crippen LogP contribution in [0.15, 0.2) is 29.2 Å². The Kier molecular flexibility index (Phi) is 3.99. The van der Waals surface area contributed by atoms with Gasteiger partial charge in [0.25, 0.3) is 0 Å². The van der Waals surface area contributed by atoms with Gasteiger partial charge in [0.1, 0.15) is 0 Å². The molecule has 0 saturated carbocycles. The molecule has 5 heteroatoms. The van der Waals surface area contributed by atoms with Crippen molar-refractivity contribution in [2.24, 2.45) is 0 Å². The Labute approximate surface area is 83.1 Å². The third kappa shape index (κ3) is 2.82. The predicted molar refractivity (Wildman–Crippen MR) is 41.0 cm³/mol. The Balaban J connectivity index is 2.91. The SMILES string of the molecule is O=S(O)c1cc[c]([Hg][Cl])cc1. The van der Waals surface area contributed by atoms with Gasteiger partial charge in [-0.3, -0.25) is 0 Å². The van der Waals surface area contributed by atoms with Gasteiger partial charge in [-0.2, -0.15) is 0 Å². The number of hydrogen-bond acceptors (Lipinski definition) is 1. The molecule has 1 atom stereocenters. The molecule has 1 N–H and O–H groups in total. The van der Waals surface area contributed by atoms with Crippen LogP contribution in [0, 0.1) is 0 Å².